The molecule has 126 valence electrons. The van der Waals surface area contributed by atoms with Gasteiger partial charge >= 0.3 is 5.97 Å². The molecule has 0 saturated heterocycles. The van der Waals surface area contributed by atoms with Crippen molar-refractivity contribution in [3.8, 4) is 0 Å². The summed E-state index contributed by atoms with van der Waals surface area (Å²) in [6.07, 6.45) is 2.88. The number of carboxylic acids is 1. The van der Waals surface area contributed by atoms with Gasteiger partial charge in [0, 0.05) is 6.42 Å². The molecule has 0 spiro atoms. The van der Waals surface area contributed by atoms with Crippen molar-refractivity contribution in [1.29, 1.82) is 0 Å². The summed E-state index contributed by atoms with van der Waals surface area (Å²) in [5.74, 6) is -1.19. The van der Waals surface area contributed by atoms with Crippen LogP contribution in [0.25, 0.3) is 0 Å². The second-order valence-electron chi connectivity index (χ2n) is 5.82. The van der Waals surface area contributed by atoms with Crippen molar-refractivity contribution in [2.24, 2.45) is 0 Å². The highest BCUT2D eigenvalue weighted by molar-refractivity contribution is 5.83. The molecule has 4 heteroatoms. The van der Waals surface area contributed by atoms with E-state index >= 15 is 0 Å². The number of amides is 1. The van der Waals surface area contributed by atoms with E-state index in [-0.39, 0.29) is 5.91 Å². The van der Waals surface area contributed by atoms with Crippen LogP contribution in [0.15, 0.2) is 60.7 Å². The highest BCUT2D eigenvalue weighted by Crippen LogP contribution is 2.08. The molecule has 4 nitrogen and oxygen atoms in total. The first-order valence-electron chi connectivity index (χ1n) is 8.25. The van der Waals surface area contributed by atoms with Crippen LogP contribution in [-0.4, -0.2) is 23.0 Å². The number of aliphatic carboxylic acids is 1. The van der Waals surface area contributed by atoms with E-state index in [1.807, 2.05) is 60.7 Å². The highest BCUT2D eigenvalue weighted by Gasteiger charge is 2.19. The van der Waals surface area contributed by atoms with E-state index < -0.39 is 12.0 Å². The molecule has 0 unspecified atom stereocenters. The van der Waals surface area contributed by atoms with Crippen molar-refractivity contribution in [3.05, 3.63) is 71.8 Å². The van der Waals surface area contributed by atoms with E-state index in [9.17, 15) is 14.7 Å². The Morgan fingerprint density at radius 3 is 1.96 bits per heavy atom. The molecular formula is C20H23NO3. The SMILES string of the molecule is O=C(CCc1ccccc1)N[C@@H](CCCc1ccccc1)C(=O)O. The van der Waals surface area contributed by atoms with Crippen LogP contribution in [-0.2, 0) is 22.4 Å². The molecule has 2 aromatic carbocycles. The van der Waals surface area contributed by atoms with Crippen LogP contribution in [0.1, 0.15) is 30.4 Å². The number of rotatable bonds is 9. The number of carboxylic acid groups (broad SMARTS) is 1. The van der Waals surface area contributed by atoms with E-state index in [1.165, 1.54) is 5.56 Å². The smallest absolute Gasteiger partial charge is 0.326 e. The Balaban J connectivity index is 1.75. The predicted octanol–water partition coefficient (Wildman–Crippen LogP) is 3.21. The summed E-state index contributed by atoms with van der Waals surface area (Å²) in [5.41, 5.74) is 2.25. The monoisotopic (exact) mass is 325 g/mol. The van der Waals surface area contributed by atoms with Crippen LogP contribution in [0.4, 0.5) is 0 Å². The molecule has 2 rings (SSSR count). The number of benzene rings is 2. The Morgan fingerprint density at radius 2 is 1.42 bits per heavy atom. The van der Waals surface area contributed by atoms with Gasteiger partial charge in [-0.1, -0.05) is 60.7 Å². The highest BCUT2D eigenvalue weighted by atomic mass is 16.4. The number of aryl methyl sites for hydroxylation is 2. The molecule has 2 N–H and O–H groups in total. The lowest BCUT2D eigenvalue weighted by Crippen LogP contribution is -2.40. The first-order chi connectivity index (χ1) is 11.6. The van der Waals surface area contributed by atoms with E-state index in [2.05, 4.69) is 5.32 Å². The van der Waals surface area contributed by atoms with Crippen molar-refractivity contribution in [1.82, 2.24) is 5.32 Å². The summed E-state index contributed by atoms with van der Waals surface area (Å²) in [6.45, 7) is 0. The standard InChI is InChI=1S/C20H23NO3/c22-19(15-14-17-10-5-2-6-11-17)21-18(20(23)24)13-7-12-16-8-3-1-4-9-16/h1-6,8-11,18H,7,12-15H2,(H,21,22)(H,23,24)/t18-/m0/s1. The zero-order valence-corrected chi connectivity index (χ0v) is 13.7. The minimum Gasteiger partial charge on any atom is -0.480 e. The lowest BCUT2D eigenvalue weighted by atomic mass is 10.0. The third kappa shape index (κ3) is 6.24. The zero-order chi connectivity index (χ0) is 17.2. The maximum atomic E-state index is 12.0. The van der Waals surface area contributed by atoms with Crippen LogP contribution in [0.3, 0.4) is 0 Å². The van der Waals surface area contributed by atoms with Gasteiger partial charge < -0.3 is 10.4 Å². The maximum Gasteiger partial charge on any atom is 0.326 e. The number of carbonyl (C=O) groups excluding carboxylic acids is 1. The van der Waals surface area contributed by atoms with Crippen LogP contribution in [0.5, 0.6) is 0 Å². The van der Waals surface area contributed by atoms with Crippen LogP contribution in [0, 0.1) is 0 Å². The Bertz CT molecular complexity index is 640. The fourth-order valence-electron chi connectivity index (χ4n) is 2.58. The van der Waals surface area contributed by atoms with Crippen LogP contribution in [0.2, 0.25) is 0 Å². The second-order valence-corrected chi connectivity index (χ2v) is 5.82. The molecule has 2 aromatic rings. The summed E-state index contributed by atoms with van der Waals surface area (Å²) in [7, 11) is 0. The molecule has 24 heavy (non-hydrogen) atoms. The molecule has 0 heterocycles. The largest absolute Gasteiger partial charge is 0.480 e. The van der Waals surface area contributed by atoms with Crippen molar-refractivity contribution in [2.75, 3.05) is 0 Å². The summed E-state index contributed by atoms with van der Waals surface area (Å²) >= 11 is 0. The first-order valence-corrected chi connectivity index (χ1v) is 8.25. The molecule has 0 aliphatic rings. The molecule has 0 aliphatic heterocycles. The average Bonchev–Trinajstić information content (AvgIpc) is 2.61. The van der Waals surface area contributed by atoms with Gasteiger partial charge in [-0.25, -0.2) is 4.79 Å². The predicted molar refractivity (Wildman–Crippen MR) is 93.7 cm³/mol. The van der Waals surface area contributed by atoms with Gasteiger partial charge in [-0.2, -0.15) is 0 Å². The Labute approximate surface area is 142 Å². The van der Waals surface area contributed by atoms with E-state index in [0.717, 1.165) is 18.4 Å². The number of carbonyl (C=O) groups is 2. The van der Waals surface area contributed by atoms with Gasteiger partial charge in [-0.05, 0) is 36.8 Å². The number of nitrogens with one attached hydrogen (secondary N) is 1. The number of hydrogen-bond acceptors (Lipinski definition) is 2. The fraction of sp³-hybridized carbons (Fsp3) is 0.300. The van der Waals surface area contributed by atoms with Gasteiger partial charge in [0.1, 0.15) is 6.04 Å². The van der Waals surface area contributed by atoms with E-state index in [1.54, 1.807) is 0 Å². The van der Waals surface area contributed by atoms with Crippen molar-refractivity contribution in [2.45, 2.75) is 38.1 Å². The lowest BCUT2D eigenvalue weighted by molar-refractivity contribution is -0.142. The molecule has 0 aromatic heterocycles. The maximum absolute atomic E-state index is 12.0. The first kappa shape index (κ1) is 17.7. The van der Waals surface area contributed by atoms with Gasteiger partial charge in [0.2, 0.25) is 5.91 Å². The summed E-state index contributed by atoms with van der Waals surface area (Å²) in [6, 6.07) is 18.8. The minimum atomic E-state index is -0.976. The Morgan fingerprint density at radius 1 is 0.875 bits per heavy atom. The molecule has 0 bridgehead atoms. The van der Waals surface area contributed by atoms with E-state index in [4.69, 9.17) is 0 Å². The van der Waals surface area contributed by atoms with Crippen LogP contribution >= 0.6 is 0 Å². The van der Waals surface area contributed by atoms with Crippen molar-refractivity contribution in [3.63, 3.8) is 0 Å². The van der Waals surface area contributed by atoms with Gasteiger partial charge in [0.15, 0.2) is 0 Å². The van der Waals surface area contributed by atoms with Gasteiger partial charge in [0.05, 0.1) is 0 Å². The molecule has 0 aliphatic carbocycles. The molecule has 0 fully saturated rings. The normalized spacial score (nSPS) is 11.7. The van der Waals surface area contributed by atoms with Gasteiger partial charge in [-0.3, -0.25) is 4.79 Å². The minimum absolute atomic E-state index is 0.217. The second kappa shape index (κ2) is 9.50. The molecule has 1 atom stereocenters. The Kier molecular flexibility index (Phi) is 7.02. The van der Waals surface area contributed by atoms with Crippen LogP contribution < -0.4 is 5.32 Å². The third-order valence-corrected chi connectivity index (χ3v) is 3.92. The topological polar surface area (TPSA) is 66.4 Å². The van der Waals surface area contributed by atoms with Gasteiger partial charge in [0.25, 0.3) is 0 Å². The molecule has 0 radical (unpaired) electrons. The lowest BCUT2D eigenvalue weighted by Gasteiger charge is -2.14. The third-order valence-electron chi connectivity index (χ3n) is 3.92. The molecular weight excluding hydrogens is 302 g/mol. The summed E-state index contributed by atoms with van der Waals surface area (Å²) < 4.78 is 0. The number of hydrogen-bond donors (Lipinski definition) is 2. The Hall–Kier alpha value is -2.62. The summed E-state index contributed by atoms with van der Waals surface area (Å²) in [4.78, 5) is 23.3. The van der Waals surface area contributed by atoms with Crippen molar-refractivity contribution < 1.29 is 14.7 Å². The quantitative estimate of drug-likeness (QED) is 0.744. The molecule has 0 saturated carbocycles. The zero-order valence-electron chi connectivity index (χ0n) is 13.7. The van der Waals surface area contributed by atoms with Gasteiger partial charge in [-0.15, -0.1) is 0 Å². The summed E-state index contributed by atoms with van der Waals surface area (Å²) in [5, 5.41) is 11.9. The molecule has 1 amide bonds. The van der Waals surface area contributed by atoms with Crippen molar-refractivity contribution >= 4 is 11.9 Å². The fourth-order valence-corrected chi connectivity index (χ4v) is 2.58. The average molecular weight is 325 g/mol. The van der Waals surface area contributed by atoms with E-state index in [0.29, 0.717) is 19.3 Å².